The van der Waals surface area contributed by atoms with E-state index in [0.717, 1.165) is 31.2 Å². The SMILES string of the molecule is CCCCCc1cccc(N(C)c2ncc(C(F)(F)F)c(OCC(F)(F)F)n2)c1. The fourth-order valence-corrected chi connectivity index (χ4v) is 2.59. The fourth-order valence-electron chi connectivity index (χ4n) is 2.59. The van der Waals surface area contributed by atoms with Crippen molar-refractivity contribution in [3.63, 3.8) is 0 Å². The van der Waals surface area contributed by atoms with Crippen LogP contribution in [0, 0.1) is 0 Å². The Bertz CT molecular complexity index is 807. The molecule has 1 aromatic heterocycles. The predicted octanol–water partition coefficient (Wildman–Crippen LogP) is 5.94. The minimum atomic E-state index is -4.95. The van der Waals surface area contributed by atoms with E-state index in [4.69, 9.17) is 0 Å². The molecule has 0 spiro atoms. The summed E-state index contributed by atoms with van der Waals surface area (Å²) in [5.74, 6) is -1.37. The molecule has 0 N–H and O–H groups in total. The number of hydrogen-bond donors (Lipinski definition) is 0. The van der Waals surface area contributed by atoms with Crippen LogP contribution in [0.25, 0.3) is 0 Å². The lowest BCUT2D eigenvalue weighted by Crippen LogP contribution is -2.23. The molecule has 160 valence electrons. The second-order valence-electron chi connectivity index (χ2n) is 6.48. The van der Waals surface area contributed by atoms with Gasteiger partial charge in [-0.25, -0.2) is 4.98 Å². The molecule has 0 aliphatic carbocycles. The Hall–Kier alpha value is -2.52. The third kappa shape index (κ3) is 6.79. The number of unbranched alkanes of at least 4 members (excludes halogenated alkanes) is 2. The maximum atomic E-state index is 13.1. The lowest BCUT2D eigenvalue weighted by molar-refractivity contribution is -0.159. The Morgan fingerprint density at radius 1 is 1.07 bits per heavy atom. The highest BCUT2D eigenvalue weighted by Crippen LogP contribution is 2.36. The molecule has 10 heteroatoms. The predicted molar refractivity (Wildman–Crippen MR) is 96.3 cm³/mol. The molecule has 2 aromatic rings. The lowest BCUT2D eigenvalue weighted by Gasteiger charge is -2.20. The maximum absolute atomic E-state index is 13.1. The van der Waals surface area contributed by atoms with Crippen LogP contribution in [-0.2, 0) is 12.6 Å². The number of alkyl halides is 6. The molecule has 29 heavy (non-hydrogen) atoms. The van der Waals surface area contributed by atoms with Gasteiger partial charge in [0.05, 0.1) is 0 Å². The van der Waals surface area contributed by atoms with E-state index in [9.17, 15) is 26.3 Å². The molecule has 0 radical (unpaired) electrons. The summed E-state index contributed by atoms with van der Waals surface area (Å²) in [6, 6.07) is 7.27. The molecular weight excluding hydrogens is 400 g/mol. The van der Waals surface area contributed by atoms with Crippen molar-refractivity contribution < 1.29 is 31.1 Å². The molecule has 0 amide bonds. The first-order valence-electron chi connectivity index (χ1n) is 8.97. The highest BCUT2D eigenvalue weighted by molar-refractivity contribution is 5.58. The van der Waals surface area contributed by atoms with Crippen molar-refractivity contribution in [2.45, 2.75) is 45.0 Å². The van der Waals surface area contributed by atoms with Gasteiger partial charge in [-0.15, -0.1) is 0 Å². The molecule has 0 bridgehead atoms. The molecule has 0 atom stereocenters. The first-order valence-corrected chi connectivity index (χ1v) is 8.97. The van der Waals surface area contributed by atoms with Crippen molar-refractivity contribution in [2.24, 2.45) is 0 Å². The Kier molecular flexibility index (Phi) is 7.32. The van der Waals surface area contributed by atoms with E-state index in [1.54, 1.807) is 12.1 Å². The van der Waals surface area contributed by atoms with E-state index in [1.165, 1.54) is 11.9 Å². The van der Waals surface area contributed by atoms with Crippen LogP contribution in [0.2, 0.25) is 0 Å². The summed E-state index contributed by atoms with van der Waals surface area (Å²) >= 11 is 0. The Balaban J connectivity index is 2.30. The van der Waals surface area contributed by atoms with E-state index in [1.807, 2.05) is 12.1 Å². The molecular formula is C19H21F6N3O. The number of benzene rings is 1. The summed E-state index contributed by atoms with van der Waals surface area (Å²) in [7, 11) is 1.52. The Morgan fingerprint density at radius 3 is 2.41 bits per heavy atom. The van der Waals surface area contributed by atoms with Gasteiger partial charge in [-0.2, -0.15) is 31.3 Å². The van der Waals surface area contributed by atoms with Crippen LogP contribution in [0.3, 0.4) is 0 Å². The minimum absolute atomic E-state index is 0.208. The summed E-state index contributed by atoms with van der Waals surface area (Å²) in [6.45, 7) is 0.202. The minimum Gasteiger partial charge on any atom is -0.467 e. The zero-order chi connectivity index (χ0) is 21.7. The summed E-state index contributed by atoms with van der Waals surface area (Å²) in [6.07, 6.45) is -5.35. The Morgan fingerprint density at radius 2 is 1.79 bits per heavy atom. The second-order valence-corrected chi connectivity index (χ2v) is 6.48. The van der Waals surface area contributed by atoms with Gasteiger partial charge in [0, 0.05) is 18.9 Å². The summed E-state index contributed by atoms with van der Waals surface area (Å²) < 4.78 is 80.7. The number of halogens is 6. The Labute approximate surface area is 164 Å². The fraction of sp³-hybridized carbons (Fsp3) is 0.474. The van der Waals surface area contributed by atoms with Gasteiger partial charge in [0.15, 0.2) is 6.61 Å². The number of aryl methyl sites for hydroxylation is 1. The summed E-state index contributed by atoms with van der Waals surface area (Å²) in [4.78, 5) is 8.65. The van der Waals surface area contributed by atoms with Gasteiger partial charge in [-0.05, 0) is 30.5 Å². The normalized spacial score (nSPS) is 12.1. The van der Waals surface area contributed by atoms with E-state index in [-0.39, 0.29) is 5.95 Å². The second kappa shape index (κ2) is 9.32. The van der Waals surface area contributed by atoms with E-state index in [0.29, 0.717) is 11.9 Å². The number of hydrogen-bond acceptors (Lipinski definition) is 4. The quantitative estimate of drug-likeness (QED) is 0.391. The number of ether oxygens (including phenoxy) is 1. The van der Waals surface area contributed by atoms with Gasteiger partial charge in [-0.1, -0.05) is 31.9 Å². The molecule has 0 unspecified atom stereocenters. The van der Waals surface area contributed by atoms with Crippen molar-refractivity contribution in [1.29, 1.82) is 0 Å². The van der Waals surface area contributed by atoms with Crippen LogP contribution < -0.4 is 9.64 Å². The van der Waals surface area contributed by atoms with Crippen molar-refractivity contribution in [3.8, 4) is 5.88 Å². The maximum Gasteiger partial charge on any atom is 0.423 e. The molecule has 2 rings (SSSR count). The van der Waals surface area contributed by atoms with Crippen LogP contribution in [0.15, 0.2) is 30.5 Å². The largest absolute Gasteiger partial charge is 0.467 e. The van der Waals surface area contributed by atoms with Crippen LogP contribution in [0.4, 0.5) is 38.0 Å². The van der Waals surface area contributed by atoms with E-state index in [2.05, 4.69) is 21.6 Å². The molecule has 0 saturated carbocycles. The highest BCUT2D eigenvalue weighted by atomic mass is 19.4. The van der Waals surface area contributed by atoms with Gasteiger partial charge < -0.3 is 9.64 Å². The number of rotatable bonds is 8. The number of nitrogens with zero attached hydrogens (tertiary/aromatic N) is 3. The third-order valence-corrected chi connectivity index (χ3v) is 4.09. The monoisotopic (exact) mass is 421 g/mol. The van der Waals surface area contributed by atoms with Gasteiger partial charge in [-0.3, -0.25) is 0 Å². The molecule has 0 aliphatic rings. The molecule has 0 saturated heterocycles. The van der Waals surface area contributed by atoms with E-state index < -0.39 is 30.4 Å². The average Bonchev–Trinajstić information content (AvgIpc) is 2.64. The average molecular weight is 421 g/mol. The van der Waals surface area contributed by atoms with Gasteiger partial charge >= 0.3 is 12.4 Å². The van der Waals surface area contributed by atoms with Crippen molar-refractivity contribution in [3.05, 3.63) is 41.6 Å². The first kappa shape index (κ1) is 22.8. The summed E-state index contributed by atoms with van der Waals surface area (Å²) in [5, 5.41) is 0. The van der Waals surface area contributed by atoms with Crippen LogP contribution in [0.1, 0.15) is 37.3 Å². The molecule has 1 heterocycles. The zero-order valence-electron chi connectivity index (χ0n) is 15.9. The van der Waals surface area contributed by atoms with Crippen molar-refractivity contribution in [2.75, 3.05) is 18.6 Å². The van der Waals surface area contributed by atoms with Crippen molar-refractivity contribution in [1.82, 2.24) is 9.97 Å². The lowest BCUT2D eigenvalue weighted by atomic mass is 10.1. The van der Waals surface area contributed by atoms with Gasteiger partial charge in [0.1, 0.15) is 5.56 Å². The molecule has 0 aliphatic heterocycles. The smallest absolute Gasteiger partial charge is 0.423 e. The molecule has 4 nitrogen and oxygen atoms in total. The van der Waals surface area contributed by atoms with Crippen LogP contribution >= 0.6 is 0 Å². The number of anilines is 2. The van der Waals surface area contributed by atoms with Gasteiger partial charge in [0.2, 0.25) is 11.8 Å². The van der Waals surface area contributed by atoms with Crippen molar-refractivity contribution >= 4 is 11.6 Å². The summed E-state index contributed by atoms with van der Waals surface area (Å²) in [5.41, 5.74) is 0.163. The molecule has 1 aromatic carbocycles. The zero-order valence-corrected chi connectivity index (χ0v) is 15.9. The van der Waals surface area contributed by atoms with Crippen LogP contribution in [0.5, 0.6) is 5.88 Å². The topological polar surface area (TPSA) is 38.2 Å². The van der Waals surface area contributed by atoms with Gasteiger partial charge in [0.25, 0.3) is 0 Å². The first-order chi connectivity index (χ1) is 13.5. The van der Waals surface area contributed by atoms with E-state index >= 15 is 0 Å². The van der Waals surface area contributed by atoms with Crippen LogP contribution in [-0.4, -0.2) is 29.8 Å². The highest BCUT2D eigenvalue weighted by Gasteiger charge is 2.38. The third-order valence-electron chi connectivity index (χ3n) is 4.09. The number of aromatic nitrogens is 2. The standard InChI is InChI=1S/C19H21F6N3O/c1-3-4-5-7-13-8-6-9-14(10-13)28(2)17-26-11-15(19(23,24)25)16(27-17)29-12-18(20,21)22/h6,8-11H,3-5,7,12H2,1-2H3. The molecule has 0 fully saturated rings.